The van der Waals surface area contributed by atoms with Crippen molar-refractivity contribution in [3.63, 3.8) is 0 Å². The van der Waals surface area contributed by atoms with Gasteiger partial charge in [-0.05, 0) is 40.8 Å². The van der Waals surface area contributed by atoms with E-state index in [1.807, 2.05) is 24.3 Å². The maximum Gasteiger partial charge on any atom is 0.356 e. The third kappa shape index (κ3) is 2.25. The van der Waals surface area contributed by atoms with Gasteiger partial charge < -0.3 is 9.84 Å². The Balaban J connectivity index is 2.19. The summed E-state index contributed by atoms with van der Waals surface area (Å²) in [5.41, 5.74) is 2.61. The van der Waals surface area contributed by atoms with Crippen LogP contribution in [0, 0.1) is 3.57 Å². The number of carbonyl (C=O) groups is 1. The number of benzene rings is 1. The molecule has 1 N–H and O–H groups in total. The largest absolute Gasteiger partial charge is 0.476 e. The fourth-order valence-corrected chi connectivity index (χ4v) is 2.76. The first-order valence-electron chi connectivity index (χ1n) is 5.84. The van der Waals surface area contributed by atoms with E-state index in [2.05, 4.69) is 27.7 Å². The topological polar surface area (TPSA) is 64.3 Å². The van der Waals surface area contributed by atoms with Crippen molar-refractivity contribution < 1.29 is 14.6 Å². The molecule has 0 saturated carbocycles. The smallest absolute Gasteiger partial charge is 0.356 e. The quantitative estimate of drug-likeness (QED) is 0.824. The highest BCUT2D eigenvalue weighted by Crippen LogP contribution is 2.24. The lowest BCUT2D eigenvalue weighted by Gasteiger charge is -2.14. The molecule has 3 rings (SSSR count). The molecule has 0 saturated heterocycles. The molecule has 0 unspecified atom stereocenters. The number of aromatic carboxylic acids is 1. The summed E-state index contributed by atoms with van der Waals surface area (Å²) in [5.74, 6) is -1.01. The average molecular weight is 370 g/mol. The summed E-state index contributed by atoms with van der Waals surface area (Å²) in [6.45, 7) is 0.919. The summed E-state index contributed by atoms with van der Waals surface area (Å²) in [5, 5.41) is 13.5. The highest BCUT2D eigenvalue weighted by atomic mass is 127. The van der Waals surface area contributed by atoms with Crippen molar-refractivity contribution in [2.75, 3.05) is 6.61 Å². The molecule has 0 amide bonds. The van der Waals surface area contributed by atoms with E-state index >= 15 is 0 Å². The summed E-state index contributed by atoms with van der Waals surface area (Å²) >= 11 is 2.23. The second kappa shape index (κ2) is 4.93. The zero-order valence-corrected chi connectivity index (χ0v) is 12.1. The third-order valence-corrected chi connectivity index (χ3v) is 3.75. The molecular formula is C13H11IN2O3. The minimum atomic E-state index is -1.01. The Hall–Kier alpha value is -1.41. The first kappa shape index (κ1) is 12.6. The van der Waals surface area contributed by atoms with E-state index in [1.54, 1.807) is 4.68 Å². The van der Waals surface area contributed by atoms with Gasteiger partial charge >= 0.3 is 5.97 Å². The van der Waals surface area contributed by atoms with Gasteiger partial charge in [0, 0.05) is 15.6 Å². The van der Waals surface area contributed by atoms with Crippen molar-refractivity contribution in [3.05, 3.63) is 44.8 Å². The van der Waals surface area contributed by atoms with Gasteiger partial charge in [0.25, 0.3) is 0 Å². The van der Waals surface area contributed by atoms with Crippen molar-refractivity contribution in [3.8, 4) is 5.69 Å². The van der Waals surface area contributed by atoms with Crippen LogP contribution in [0.15, 0.2) is 24.3 Å². The second-order valence-corrected chi connectivity index (χ2v) is 5.52. The molecule has 1 aliphatic heterocycles. The molecule has 1 aliphatic rings. The minimum absolute atomic E-state index is 0.0913. The van der Waals surface area contributed by atoms with Crippen LogP contribution in [0.1, 0.15) is 21.7 Å². The Kier molecular flexibility index (Phi) is 3.28. The predicted molar refractivity (Wildman–Crippen MR) is 76.6 cm³/mol. The summed E-state index contributed by atoms with van der Waals surface area (Å²) in [4.78, 5) is 11.3. The summed E-state index contributed by atoms with van der Waals surface area (Å²) < 4.78 is 8.15. The van der Waals surface area contributed by atoms with Crippen LogP contribution in [-0.2, 0) is 17.8 Å². The van der Waals surface area contributed by atoms with Gasteiger partial charge in [-0.25, -0.2) is 9.48 Å². The number of nitrogens with zero attached hydrogens (tertiary/aromatic N) is 2. The number of fused-ring (bicyclic) bond motifs is 1. The molecule has 0 fully saturated rings. The molecule has 0 atom stereocenters. The highest BCUT2D eigenvalue weighted by molar-refractivity contribution is 14.1. The number of hydrogen-bond donors (Lipinski definition) is 1. The lowest BCUT2D eigenvalue weighted by atomic mass is 10.1. The van der Waals surface area contributed by atoms with Crippen LogP contribution in [0.3, 0.4) is 0 Å². The molecular weight excluding hydrogens is 359 g/mol. The molecule has 2 aromatic rings. The Morgan fingerprint density at radius 1 is 1.47 bits per heavy atom. The molecule has 19 heavy (non-hydrogen) atoms. The summed E-state index contributed by atoms with van der Waals surface area (Å²) in [6.07, 6.45) is 0.682. The summed E-state index contributed by atoms with van der Waals surface area (Å²) in [6, 6.07) is 7.83. The van der Waals surface area contributed by atoms with Crippen LogP contribution in [0.25, 0.3) is 5.69 Å². The molecule has 98 valence electrons. The number of halogens is 1. The van der Waals surface area contributed by atoms with Crippen molar-refractivity contribution in [1.82, 2.24) is 9.78 Å². The third-order valence-electron chi connectivity index (χ3n) is 3.07. The standard InChI is InChI=1S/C13H11IN2O3/c14-8-2-1-3-9(6-8)16-11-4-5-19-7-10(11)12(15-16)13(17)18/h1-3,6H,4-5,7H2,(H,17,18). The van der Waals surface area contributed by atoms with E-state index in [-0.39, 0.29) is 5.69 Å². The number of hydrogen-bond acceptors (Lipinski definition) is 3. The van der Waals surface area contributed by atoms with Gasteiger partial charge in [-0.1, -0.05) is 6.07 Å². The molecule has 5 nitrogen and oxygen atoms in total. The molecule has 0 radical (unpaired) electrons. The van der Waals surface area contributed by atoms with E-state index in [0.717, 1.165) is 15.0 Å². The van der Waals surface area contributed by atoms with Crippen molar-refractivity contribution >= 4 is 28.6 Å². The van der Waals surface area contributed by atoms with E-state index in [9.17, 15) is 9.90 Å². The molecule has 1 aromatic carbocycles. The Bertz CT molecular complexity index is 651. The lowest BCUT2D eigenvalue weighted by molar-refractivity contribution is 0.0677. The molecule has 0 bridgehead atoms. The average Bonchev–Trinajstić information content (AvgIpc) is 2.78. The van der Waals surface area contributed by atoms with Crippen LogP contribution in [0.2, 0.25) is 0 Å². The Morgan fingerprint density at radius 3 is 3.05 bits per heavy atom. The molecule has 6 heteroatoms. The maximum atomic E-state index is 11.3. The van der Waals surface area contributed by atoms with Gasteiger partial charge in [0.1, 0.15) is 0 Å². The molecule has 1 aromatic heterocycles. The maximum absolute atomic E-state index is 11.3. The number of ether oxygens (including phenoxy) is 1. The van der Waals surface area contributed by atoms with Gasteiger partial charge in [-0.2, -0.15) is 5.10 Å². The van der Waals surface area contributed by atoms with E-state index in [4.69, 9.17) is 4.74 Å². The number of aromatic nitrogens is 2. The Labute approximate surface area is 123 Å². The SMILES string of the molecule is O=C(O)c1nn(-c2cccc(I)c2)c2c1COCC2. The van der Waals surface area contributed by atoms with Crippen molar-refractivity contribution in [1.29, 1.82) is 0 Å². The number of rotatable bonds is 2. The zero-order valence-electron chi connectivity index (χ0n) is 9.97. The van der Waals surface area contributed by atoms with Crippen LogP contribution < -0.4 is 0 Å². The lowest BCUT2D eigenvalue weighted by Crippen LogP contribution is -2.13. The van der Waals surface area contributed by atoms with Gasteiger partial charge in [0.2, 0.25) is 0 Å². The summed E-state index contributed by atoms with van der Waals surface area (Å²) in [7, 11) is 0. The first-order valence-corrected chi connectivity index (χ1v) is 6.92. The minimum Gasteiger partial charge on any atom is -0.476 e. The molecule has 2 heterocycles. The van der Waals surface area contributed by atoms with E-state index in [1.165, 1.54) is 0 Å². The van der Waals surface area contributed by atoms with Gasteiger partial charge in [-0.3, -0.25) is 0 Å². The molecule has 0 aliphatic carbocycles. The fourth-order valence-electron chi connectivity index (χ4n) is 2.23. The van der Waals surface area contributed by atoms with Crippen LogP contribution in [-0.4, -0.2) is 27.5 Å². The van der Waals surface area contributed by atoms with Gasteiger partial charge in [0.15, 0.2) is 5.69 Å². The number of carboxylic acids is 1. The normalized spacial score (nSPS) is 14.2. The van der Waals surface area contributed by atoms with Crippen LogP contribution >= 0.6 is 22.6 Å². The number of carboxylic acid groups (broad SMARTS) is 1. The van der Waals surface area contributed by atoms with Crippen LogP contribution in [0.4, 0.5) is 0 Å². The monoisotopic (exact) mass is 370 g/mol. The van der Waals surface area contributed by atoms with Crippen molar-refractivity contribution in [2.24, 2.45) is 0 Å². The fraction of sp³-hybridized carbons (Fsp3) is 0.231. The second-order valence-electron chi connectivity index (χ2n) is 4.27. The van der Waals surface area contributed by atoms with Gasteiger partial charge in [-0.15, -0.1) is 0 Å². The van der Waals surface area contributed by atoms with E-state index < -0.39 is 5.97 Å². The predicted octanol–water partition coefficient (Wildman–Crippen LogP) is 2.25. The van der Waals surface area contributed by atoms with Crippen molar-refractivity contribution in [2.45, 2.75) is 13.0 Å². The van der Waals surface area contributed by atoms with Crippen LogP contribution in [0.5, 0.6) is 0 Å². The van der Waals surface area contributed by atoms with E-state index in [0.29, 0.717) is 25.2 Å². The Morgan fingerprint density at radius 2 is 2.32 bits per heavy atom. The first-order chi connectivity index (χ1) is 9.16. The molecule has 0 spiro atoms. The zero-order chi connectivity index (χ0) is 13.4. The van der Waals surface area contributed by atoms with Gasteiger partial charge in [0.05, 0.1) is 24.6 Å². The highest BCUT2D eigenvalue weighted by Gasteiger charge is 2.25.